The molecule has 0 aliphatic rings. The van der Waals surface area contributed by atoms with Crippen LogP contribution >= 0.6 is 0 Å². The van der Waals surface area contributed by atoms with E-state index in [4.69, 9.17) is 10.5 Å². The number of amides is 1. The molecule has 0 saturated carbocycles. The molecule has 0 bridgehead atoms. The topological polar surface area (TPSA) is 85.9 Å². The van der Waals surface area contributed by atoms with Crippen molar-refractivity contribution in [3.05, 3.63) is 47.9 Å². The Labute approximate surface area is 121 Å². The van der Waals surface area contributed by atoms with Gasteiger partial charge in [-0.05, 0) is 24.1 Å². The monoisotopic (exact) mass is 283 g/mol. The number of aromatic amines is 1. The molecule has 1 radical (unpaired) electrons. The summed E-state index contributed by atoms with van der Waals surface area (Å²) < 4.78 is 7.07. The first-order chi connectivity index (χ1) is 10.2. The normalized spacial score (nSPS) is 10.9. The highest BCUT2D eigenvalue weighted by atomic mass is 16.5. The molecule has 1 aromatic carbocycles. The van der Waals surface area contributed by atoms with Crippen LogP contribution in [0.2, 0.25) is 0 Å². The van der Waals surface area contributed by atoms with Gasteiger partial charge in [-0.25, -0.2) is 0 Å². The number of hydrogen-bond acceptors (Lipinski definition) is 3. The Bertz CT molecular complexity index is 788. The number of fused-ring (bicyclic) bond motifs is 1. The third-order valence-corrected chi connectivity index (χ3v) is 3.39. The van der Waals surface area contributed by atoms with Crippen LogP contribution in [0.1, 0.15) is 16.1 Å². The second-order valence-corrected chi connectivity index (χ2v) is 4.70. The summed E-state index contributed by atoms with van der Waals surface area (Å²) in [7, 11) is 1.66. The number of benzene rings is 1. The number of nitrogens with two attached hydrogens (primary N) is 1. The molecule has 6 heteroatoms. The van der Waals surface area contributed by atoms with Gasteiger partial charge in [0.15, 0.2) is 5.69 Å². The maximum absolute atomic E-state index is 11.0. The Morgan fingerprint density at radius 3 is 3.10 bits per heavy atom. The van der Waals surface area contributed by atoms with Gasteiger partial charge in [0, 0.05) is 35.9 Å². The average molecular weight is 283 g/mol. The molecule has 21 heavy (non-hydrogen) atoms. The van der Waals surface area contributed by atoms with Gasteiger partial charge in [-0.15, -0.1) is 0 Å². The van der Waals surface area contributed by atoms with E-state index in [2.05, 4.69) is 16.1 Å². The van der Waals surface area contributed by atoms with E-state index >= 15 is 0 Å². The fraction of sp³-hybridized carbons (Fsp3) is 0.200. The fourth-order valence-corrected chi connectivity index (χ4v) is 2.38. The summed E-state index contributed by atoms with van der Waals surface area (Å²) in [6, 6.07) is 8.63. The lowest BCUT2D eigenvalue weighted by Gasteiger charge is -2.05. The first-order valence-electron chi connectivity index (χ1n) is 6.57. The van der Waals surface area contributed by atoms with Crippen molar-refractivity contribution in [3.8, 4) is 5.75 Å². The molecule has 0 fully saturated rings. The lowest BCUT2D eigenvalue weighted by molar-refractivity contribution is 0.0994. The number of carbonyl (C=O) groups excluding carboxylic acids is 1. The zero-order valence-electron chi connectivity index (χ0n) is 11.6. The quantitative estimate of drug-likeness (QED) is 0.744. The largest absolute Gasteiger partial charge is 0.496 e. The zero-order valence-corrected chi connectivity index (χ0v) is 11.6. The molecule has 6 nitrogen and oxygen atoms in total. The van der Waals surface area contributed by atoms with E-state index < -0.39 is 5.91 Å². The van der Waals surface area contributed by atoms with E-state index in [-0.39, 0.29) is 5.69 Å². The molecule has 0 atom stereocenters. The molecule has 3 N–H and O–H groups in total. The maximum atomic E-state index is 11.0. The molecule has 0 saturated heterocycles. The minimum atomic E-state index is -0.567. The average Bonchev–Trinajstić information content (AvgIpc) is 3.11. The van der Waals surface area contributed by atoms with Crippen molar-refractivity contribution < 1.29 is 9.53 Å². The summed E-state index contributed by atoms with van der Waals surface area (Å²) in [5, 5.41) is 5.15. The van der Waals surface area contributed by atoms with Gasteiger partial charge in [-0.1, -0.05) is 6.07 Å². The number of ether oxygens (including phenoxy) is 1. The number of nitrogens with one attached hydrogen (secondary N) is 1. The van der Waals surface area contributed by atoms with Gasteiger partial charge >= 0.3 is 0 Å². The highest BCUT2D eigenvalue weighted by molar-refractivity contribution is 5.90. The van der Waals surface area contributed by atoms with Crippen LogP contribution in [-0.2, 0) is 13.0 Å². The zero-order chi connectivity index (χ0) is 14.8. The molecule has 1 amide bonds. The van der Waals surface area contributed by atoms with Crippen LogP contribution in [0.4, 0.5) is 0 Å². The van der Waals surface area contributed by atoms with Crippen LogP contribution in [0.15, 0.2) is 30.6 Å². The van der Waals surface area contributed by atoms with Crippen LogP contribution in [-0.4, -0.2) is 27.8 Å². The van der Waals surface area contributed by atoms with E-state index in [1.165, 1.54) is 0 Å². The number of nitrogens with zero attached hydrogens (tertiary/aromatic N) is 2. The van der Waals surface area contributed by atoms with Crippen LogP contribution in [0, 0.1) is 6.07 Å². The molecule has 3 rings (SSSR count). The smallest absolute Gasteiger partial charge is 0.269 e. The summed E-state index contributed by atoms with van der Waals surface area (Å²) in [4.78, 5) is 14.2. The molecule has 0 aliphatic heterocycles. The number of rotatable bonds is 5. The molecular weight excluding hydrogens is 268 g/mol. The van der Waals surface area contributed by atoms with Crippen LogP contribution in [0.3, 0.4) is 0 Å². The Morgan fingerprint density at radius 1 is 1.52 bits per heavy atom. The van der Waals surface area contributed by atoms with Gasteiger partial charge in [0.2, 0.25) is 0 Å². The maximum Gasteiger partial charge on any atom is 0.269 e. The Hall–Kier alpha value is -2.76. The minimum Gasteiger partial charge on any atom is -0.496 e. The number of primary amides is 1. The second kappa shape index (κ2) is 5.32. The van der Waals surface area contributed by atoms with Gasteiger partial charge in [0.1, 0.15) is 5.75 Å². The molecule has 0 aliphatic carbocycles. The van der Waals surface area contributed by atoms with E-state index in [1.807, 2.05) is 24.4 Å². The summed E-state index contributed by atoms with van der Waals surface area (Å²) in [6.45, 7) is 0.634. The predicted molar refractivity (Wildman–Crippen MR) is 78.1 cm³/mol. The van der Waals surface area contributed by atoms with Crippen molar-refractivity contribution in [2.24, 2.45) is 5.73 Å². The fourth-order valence-electron chi connectivity index (χ4n) is 2.38. The first-order valence-corrected chi connectivity index (χ1v) is 6.57. The van der Waals surface area contributed by atoms with Gasteiger partial charge in [-0.3, -0.25) is 9.48 Å². The molecule has 107 valence electrons. The van der Waals surface area contributed by atoms with Gasteiger partial charge in [0.05, 0.1) is 7.11 Å². The Balaban J connectivity index is 1.83. The van der Waals surface area contributed by atoms with E-state index in [0.717, 1.165) is 28.6 Å². The van der Waals surface area contributed by atoms with E-state index in [9.17, 15) is 4.79 Å². The number of carbonyl (C=O) groups is 1. The SMILES string of the molecule is COc1cccc2[nH]cc(CCn3c[c]c(C(N)=O)n3)c12. The third-order valence-electron chi connectivity index (χ3n) is 3.39. The lowest BCUT2D eigenvalue weighted by Crippen LogP contribution is -2.13. The number of hydrogen-bond donors (Lipinski definition) is 2. The lowest BCUT2D eigenvalue weighted by atomic mass is 10.1. The van der Waals surface area contributed by atoms with Crippen molar-refractivity contribution in [1.82, 2.24) is 14.8 Å². The highest BCUT2D eigenvalue weighted by Gasteiger charge is 2.10. The summed E-state index contributed by atoms with van der Waals surface area (Å²) in [6.07, 6.45) is 4.36. The van der Waals surface area contributed by atoms with E-state index in [1.54, 1.807) is 18.0 Å². The van der Waals surface area contributed by atoms with Crippen molar-refractivity contribution in [2.45, 2.75) is 13.0 Å². The van der Waals surface area contributed by atoms with Crippen molar-refractivity contribution in [2.75, 3.05) is 7.11 Å². The van der Waals surface area contributed by atoms with Gasteiger partial charge in [0.25, 0.3) is 5.91 Å². The number of methoxy groups -OCH3 is 1. The summed E-state index contributed by atoms with van der Waals surface area (Å²) in [5.74, 6) is 0.274. The number of aryl methyl sites for hydroxylation is 2. The summed E-state index contributed by atoms with van der Waals surface area (Å²) in [5.41, 5.74) is 7.50. The Morgan fingerprint density at radius 2 is 2.38 bits per heavy atom. The minimum absolute atomic E-state index is 0.159. The standard InChI is InChI=1S/C15H15N4O2/c1-21-13-4-2-3-11-14(13)10(9-17-11)5-7-19-8-6-12(18-19)15(16)20/h2-4,8-9,17H,5,7H2,1H3,(H2,16,20). The van der Waals surface area contributed by atoms with Crippen LogP contribution in [0.5, 0.6) is 5.75 Å². The van der Waals surface area contributed by atoms with Gasteiger partial charge < -0.3 is 15.5 Å². The van der Waals surface area contributed by atoms with Crippen LogP contribution < -0.4 is 10.5 Å². The van der Waals surface area contributed by atoms with Crippen LogP contribution in [0.25, 0.3) is 10.9 Å². The predicted octanol–water partition coefficient (Wildman–Crippen LogP) is 1.51. The molecule has 0 spiro atoms. The summed E-state index contributed by atoms with van der Waals surface area (Å²) >= 11 is 0. The molecule has 3 aromatic rings. The highest BCUT2D eigenvalue weighted by Crippen LogP contribution is 2.28. The molecular formula is C15H15N4O2. The number of aromatic nitrogens is 3. The van der Waals surface area contributed by atoms with E-state index in [0.29, 0.717) is 6.54 Å². The molecule has 0 unspecified atom stereocenters. The molecule has 2 heterocycles. The number of H-pyrrole nitrogens is 1. The van der Waals surface area contributed by atoms with Crippen molar-refractivity contribution in [1.29, 1.82) is 0 Å². The second-order valence-electron chi connectivity index (χ2n) is 4.70. The van der Waals surface area contributed by atoms with Crippen molar-refractivity contribution >= 4 is 16.8 Å². The molecule has 2 aromatic heterocycles. The first kappa shape index (κ1) is 13.2. The van der Waals surface area contributed by atoms with Gasteiger partial charge in [-0.2, -0.15) is 5.10 Å². The Kier molecular flexibility index (Phi) is 3.35. The third kappa shape index (κ3) is 2.47. The van der Waals surface area contributed by atoms with Crippen molar-refractivity contribution in [3.63, 3.8) is 0 Å².